The minimum absolute atomic E-state index is 0. The van der Waals surface area contributed by atoms with Crippen LogP contribution in [0.1, 0.15) is 38.5 Å². The van der Waals surface area contributed by atoms with Crippen molar-refractivity contribution >= 4 is 35.8 Å². The van der Waals surface area contributed by atoms with Crippen molar-refractivity contribution in [2.75, 3.05) is 45.9 Å². The largest absolute Gasteiger partial charge is 0.379 e. The van der Waals surface area contributed by atoms with Gasteiger partial charge < -0.3 is 21.1 Å². The Morgan fingerprint density at radius 3 is 2.67 bits per heavy atom. The maximum absolute atomic E-state index is 11.8. The van der Waals surface area contributed by atoms with Gasteiger partial charge in [-0.1, -0.05) is 12.8 Å². The minimum atomic E-state index is 0. The van der Waals surface area contributed by atoms with E-state index in [9.17, 15) is 4.79 Å². The summed E-state index contributed by atoms with van der Waals surface area (Å²) in [5.41, 5.74) is 5.82. The number of amides is 1. The summed E-state index contributed by atoms with van der Waals surface area (Å²) in [7, 11) is 0. The van der Waals surface area contributed by atoms with Crippen molar-refractivity contribution in [2.45, 2.75) is 44.6 Å². The van der Waals surface area contributed by atoms with Crippen molar-refractivity contribution in [2.24, 2.45) is 10.7 Å². The highest BCUT2D eigenvalue weighted by Gasteiger charge is 2.16. The fraction of sp³-hybridized carbons (Fsp3) is 0.875. The molecule has 1 aliphatic heterocycles. The molecule has 24 heavy (non-hydrogen) atoms. The average molecular weight is 453 g/mol. The van der Waals surface area contributed by atoms with Crippen LogP contribution in [0.5, 0.6) is 0 Å². The Morgan fingerprint density at radius 1 is 1.25 bits per heavy atom. The molecule has 1 saturated heterocycles. The van der Waals surface area contributed by atoms with Crippen molar-refractivity contribution in [1.82, 2.24) is 15.5 Å². The molecule has 2 fully saturated rings. The molecule has 2 rings (SSSR count). The minimum Gasteiger partial charge on any atom is -0.379 e. The van der Waals surface area contributed by atoms with Gasteiger partial charge in [0, 0.05) is 45.2 Å². The van der Waals surface area contributed by atoms with Crippen LogP contribution in [0.4, 0.5) is 0 Å². The number of carbonyl (C=O) groups excluding carboxylic acids is 1. The smallest absolute Gasteiger partial charge is 0.221 e. The number of ether oxygens (including phenoxy) is 1. The lowest BCUT2D eigenvalue weighted by Gasteiger charge is -2.26. The molecule has 0 aromatic carbocycles. The highest BCUT2D eigenvalue weighted by Crippen LogP contribution is 2.17. The molecule has 1 amide bonds. The van der Waals surface area contributed by atoms with Crippen LogP contribution in [0.2, 0.25) is 0 Å². The summed E-state index contributed by atoms with van der Waals surface area (Å²) in [6.07, 6.45) is 6.13. The summed E-state index contributed by atoms with van der Waals surface area (Å²) < 4.78 is 5.32. The summed E-state index contributed by atoms with van der Waals surface area (Å²) in [4.78, 5) is 18.5. The van der Waals surface area contributed by atoms with E-state index in [0.29, 0.717) is 31.5 Å². The average Bonchev–Trinajstić information content (AvgIpc) is 3.05. The monoisotopic (exact) mass is 453 g/mol. The molecule has 0 unspecified atom stereocenters. The highest BCUT2D eigenvalue weighted by molar-refractivity contribution is 14.0. The van der Waals surface area contributed by atoms with Crippen LogP contribution < -0.4 is 16.4 Å². The van der Waals surface area contributed by atoms with E-state index in [1.54, 1.807) is 0 Å². The Bertz CT molecular complexity index is 383. The fourth-order valence-electron chi connectivity index (χ4n) is 3.05. The molecule has 1 aliphatic carbocycles. The molecule has 4 N–H and O–H groups in total. The lowest BCUT2D eigenvalue weighted by molar-refractivity contribution is -0.121. The van der Waals surface area contributed by atoms with Crippen LogP contribution in [0.25, 0.3) is 0 Å². The zero-order valence-electron chi connectivity index (χ0n) is 14.5. The van der Waals surface area contributed by atoms with E-state index in [4.69, 9.17) is 10.5 Å². The number of halogens is 1. The van der Waals surface area contributed by atoms with Gasteiger partial charge in [-0.15, -0.1) is 24.0 Å². The zero-order valence-corrected chi connectivity index (χ0v) is 16.8. The molecular formula is C16H32IN5O2. The molecule has 0 aromatic heterocycles. The number of nitrogens with zero attached hydrogens (tertiary/aromatic N) is 2. The number of guanidine groups is 1. The number of morpholine rings is 1. The van der Waals surface area contributed by atoms with Gasteiger partial charge in [0.25, 0.3) is 0 Å². The first kappa shape index (κ1) is 21.4. The molecule has 8 heteroatoms. The standard InChI is InChI=1S/C16H31N5O2.HI/c17-16(18-7-3-9-21-10-12-23-13-11-21)19-8-6-15(22)20-14-4-1-2-5-14;/h14H,1-13H2,(H,20,22)(H3,17,18,19);1H. The number of carbonyl (C=O) groups is 1. The number of rotatable bonds is 8. The van der Waals surface area contributed by atoms with Gasteiger partial charge >= 0.3 is 0 Å². The van der Waals surface area contributed by atoms with Crippen LogP contribution in [0.15, 0.2) is 4.99 Å². The Kier molecular flexibility index (Phi) is 11.4. The molecule has 1 saturated carbocycles. The Hall–Kier alpha value is -0.610. The van der Waals surface area contributed by atoms with Crippen LogP contribution in [-0.2, 0) is 9.53 Å². The first-order valence-electron chi connectivity index (χ1n) is 8.87. The van der Waals surface area contributed by atoms with Gasteiger partial charge in [0.1, 0.15) is 0 Å². The molecule has 140 valence electrons. The van der Waals surface area contributed by atoms with Gasteiger partial charge in [-0.05, 0) is 19.3 Å². The Morgan fingerprint density at radius 2 is 1.96 bits per heavy atom. The van der Waals surface area contributed by atoms with E-state index in [1.165, 1.54) is 12.8 Å². The van der Waals surface area contributed by atoms with Crippen LogP contribution in [-0.4, -0.2) is 68.7 Å². The van der Waals surface area contributed by atoms with Gasteiger partial charge in [0.2, 0.25) is 5.91 Å². The summed E-state index contributed by atoms with van der Waals surface area (Å²) in [5, 5.41) is 6.08. The SMILES string of the molecule is I.NC(=NCCCN1CCOCC1)NCCC(=O)NC1CCCC1. The second kappa shape index (κ2) is 12.7. The van der Waals surface area contributed by atoms with E-state index in [0.717, 1.165) is 52.1 Å². The third kappa shape index (κ3) is 9.03. The molecule has 1 heterocycles. The van der Waals surface area contributed by atoms with E-state index in [2.05, 4.69) is 20.5 Å². The normalized spacial score (nSPS) is 19.8. The number of aliphatic imine (C=N–C) groups is 1. The first-order valence-corrected chi connectivity index (χ1v) is 8.87. The summed E-state index contributed by atoms with van der Waals surface area (Å²) in [6, 6.07) is 0.383. The van der Waals surface area contributed by atoms with Crippen molar-refractivity contribution < 1.29 is 9.53 Å². The number of hydrogen-bond acceptors (Lipinski definition) is 4. The maximum atomic E-state index is 11.8. The predicted molar refractivity (Wildman–Crippen MR) is 107 cm³/mol. The fourth-order valence-corrected chi connectivity index (χ4v) is 3.05. The summed E-state index contributed by atoms with van der Waals surface area (Å²) in [6.45, 7) is 5.96. The maximum Gasteiger partial charge on any atom is 0.221 e. The molecule has 7 nitrogen and oxygen atoms in total. The lowest BCUT2D eigenvalue weighted by atomic mass is 10.2. The van der Waals surface area contributed by atoms with Crippen molar-refractivity contribution in [3.05, 3.63) is 0 Å². The Labute approximate surface area is 162 Å². The van der Waals surface area contributed by atoms with Crippen LogP contribution in [0.3, 0.4) is 0 Å². The van der Waals surface area contributed by atoms with Gasteiger partial charge in [-0.2, -0.15) is 0 Å². The second-order valence-electron chi connectivity index (χ2n) is 6.30. The number of nitrogens with one attached hydrogen (secondary N) is 2. The summed E-state index contributed by atoms with van der Waals surface area (Å²) in [5.74, 6) is 0.533. The van der Waals surface area contributed by atoms with Crippen LogP contribution >= 0.6 is 24.0 Å². The van der Waals surface area contributed by atoms with Crippen LogP contribution in [0, 0.1) is 0 Å². The van der Waals surface area contributed by atoms with Crippen molar-refractivity contribution in [1.29, 1.82) is 0 Å². The van der Waals surface area contributed by atoms with Gasteiger partial charge in [-0.3, -0.25) is 14.7 Å². The highest BCUT2D eigenvalue weighted by atomic mass is 127. The molecular weight excluding hydrogens is 421 g/mol. The number of nitrogens with two attached hydrogens (primary N) is 1. The van der Waals surface area contributed by atoms with E-state index in [-0.39, 0.29) is 29.9 Å². The lowest BCUT2D eigenvalue weighted by Crippen LogP contribution is -2.38. The first-order chi connectivity index (χ1) is 11.2. The molecule has 0 atom stereocenters. The van der Waals surface area contributed by atoms with Gasteiger partial charge in [0.05, 0.1) is 13.2 Å². The molecule has 2 aliphatic rings. The van der Waals surface area contributed by atoms with E-state index < -0.39 is 0 Å². The van der Waals surface area contributed by atoms with E-state index >= 15 is 0 Å². The third-order valence-electron chi connectivity index (χ3n) is 4.40. The van der Waals surface area contributed by atoms with Gasteiger partial charge in [0.15, 0.2) is 5.96 Å². The van der Waals surface area contributed by atoms with Crippen molar-refractivity contribution in [3.63, 3.8) is 0 Å². The number of hydrogen-bond donors (Lipinski definition) is 3. The Balaban J connectivity index is 0.00000288. The second-order valence-corrected chi connectivity index (χ2v) is 6.30. The molecule has 0 radical (unpaired) electrons. The van der Waals surface area contributed by atoms with Gasteiger partial charge in [-0.25, -0.2) is 0 Å². The van der Waals surface area contributed by atoms with E-state index in [1.807, 2.05) is 0 Å². The molecule has 0 spiro atoms. The van der Waals surface area contributed by atoms with Crippen molar-refractivity contribution in [3.8, 4) is 0 Å². The third-order valence-corrected chi connectivity index (χ3v) is 4.40. The molecule has 0 aromatic rings. The topological polar surface area (TPSA) is 92.0 Å². The summed E-state index contributed by atoms with van der Waals surface area (Å²) >= 11 is 0. The quantitative estimate of drug-likeness (QED) is 0.218. The molecule has 0 bridgehead atoms. The predicted octanol–water partition coefficient (Wildman–Crippen LogP) is 0.680. The zero-order chi connectivity index (χ0) is 16.3.